The summed E-state index contributed by atoms with van der Waals surface area (Å²) in [7, 11) is 0. The van der Waals surface area contributed by atoms with Crippen LogP contribution in [-0.2, 0) is 16.1 Å². The van der Waals surface area contributed by atoms with Gasteiger partial charge in [-0.2, -0.15) is 0 Å². The lowest BCUT2D eigenvalue weighted by Crippen LogP contribution is -2.29. The number of carbonyl (C=O) groups is 2. The molecule has 1 aromatic heterocycles. The Bertz CT molecular complexity index is 1230. The second kappa shape index (κ2) is 10.1. The molecule has 0 bridgehead atoms. The van der Waals surface area contributed by atoms with E-state index in [1.165, 1.54) is 4.90 Å². The standard InChI is InChI=1S/C29H30N2O4/c1-18(2)21-7-9-22(10-8-21)26-25(27(32)23-11-13-24(14-12-23)35-19(3)4)28(33)29(34)31(26)17-20-6-5-15-30-16-20/h5-16,18-19,26,32H,17H2,1-4H3/b27-25+/t26-/m1/s1. The van der Waals surface area contributed by atoms with Crippen LogP contribution in [0.5, 0.6) is 5.75 Å². The lowest BCUT2D eigenvalue weighted by atomic mass is 9.93. The summed E-state index contributed by atoms with van der Waals surface area (Å²) >= 11 is 0. The highest BCUT2D eigenvalue weighted by Gasteiger charge is 2.46. The van der Waals surface area contributed by atoms with Crippen LogP contribution in [0.1, 0.15) is 61.9 Å². The quantitative estimate of drug-likeness (QED) is 0.276. The molecule has 1 atom stereocenters. The van der Waals surface area contributed by atoms with E-state index in [4.69, 9.17) is 4.74 Å². The molecule has 0 spiro atoms. The molecule has 3 aromatic rings. The van der Waals surface area contributed by atoms with E-state index in [-0.39, 0.29) is 24.0 Å². The van der Waals surface area contributed by atoms with Gasteiger partial charge in [0.1, 0.15) is 11.5 Å². The Morgan fingerprint density at radius 1 is 1.00 bits per heavy atom. The molecule has 0 saturated carbocycles. The molecule has 6 nitrogen and oxygen atoms in total. The number of amides is 1. The van der Waals surface area contributed by atoms with Crippen LogP contribution in [0.15, 0.2) is 78.6 Å². The van der Waals surface area contributed by atoms with E-state index in [2.05, 4.69) is 18.8 Å². The molecule has 1 aliphatic heterocycles. The number of ether oxygens (including phenoxy) is 1. The molecule has 2 heterocycles. The van der Waals surface area contributed by atoms with Crippen LogP contribution in [0, 0.1) is 0 Å². The van der Waals surface area contributed by atoms with Gasteiger partial charge in [0.05, 0.1) is 17.7 Å². The first kappa shape index (κ1) is 24.2. The Hall–Kier alpha value is -3.93. The SMILES string of the molecule is CC(C)Oc1ccc(/C(O)=C2\C(=O)C(=O)N(Cc3cccnc3)[C@@H]2c2ccc(C(C)C)cc2)cc1. The summed E-state index contributed by atoms with van der Waals surface area (Å²) in [5.41, 5.74) is 3.24. The van der Waals surface area contributed by atoms with Crippen molar-refractivity contribution in [1.29, 1.82) is 0 Å². The first-order valence-electron chi connectivity index (χ1n) is 11.8. The van der Waals surface area contributed by atoms with Crippen molar-refractivity contribution in [1.82, 2.24) is 9.88 Å². The molecule has 2 aromatic carbocycles. The summed E-state index contributed by atoms with van der Waals surface area (Å²) in [4.78, 5) is 32.1. The summed E-state index contributed by atoms with van der Waals surface area (Å²) in [5, 5.41) is 11.3. The van der Waals surface area contributed by atoms with Crippen LogP contribution in [0.3, 0.4) is 0 Å². The Morgan fingerprint density at radius 3 is 2.26 bits per heavy atom. The van der Waals surface area contributed by atoms with E-state index in [1.807, 2.05) is 44.2 Å². The van der Waals surface area contributed by atoms with Gasteiger partial charge < -0.3 is 14.7 Å². The fourth-order valence-electron chi connectivity index (χ4n) is 4.26. The van der Waals surface area contributed by atoms with Gasteiger partial charge in [0, 0.05) is 24.5 Å². The first-order valence-corrected chi connectivity index (χ1v) is 11.8. The molecule has 1 aliphatic rings. The van der Waals surface area contributed by atoms with Gasteiger partial charge in [-0.15, -0.1) is 0 Å². The van der Waals surface area contributed by atoms with Crippen molar-refractivity contribution in [3.05, 3.63) is 101 Å². The zero-order valence-corrected chi connectivity index (χ0v) is 20.4. The maximum Gasteiger partial charge on any atom is 0.295 e. The lowest BCUT2D eigenvalue weighted by Gasteiger charge is -2.25. The minimum atomic E-state index is -0.719. The summed E-state index contributed by atoms with van der Waals surface area (Å²) in [6.07, 6.45) is 3.35. The fourth-order valence-corrected chi connectivity index (χ4v) is 4.26. The number of ketones is 1. The number of likely N-dealkylation sites (tertiary alicyclic amines) is 1. The molecule has 0 unspecified atom stereocenters. The van der Waals surface area contributed by atoms with Gasteiger partial charge >= 0.3 is 0 Å². The number of aliphatic hydroxyl groups is 1. The highest BCUT2D eigenvalue weighted by molar-refractivity contribution is 6.46. The van der Waals surface area contributed by atoms with Crippen molar-refractivity contribution in [3.63, 3.8) is 0 Å². The van der Waals surface area contributed by atoms with Crippen molar-refractivity contribution in [2.24, 2.45) is 0 Å². The molecular formula is C29H30N2O4. The van der Waals surface area contributed by atoms with E-state index in [0.717, 1.165) is 16.7 Å². The van der Waals surface area contributed by atoms with Crippen LogP contribution in [0.25, 0.3) is 5.76 Å². The molecular weight excluding hydrogens is 440 g/mol. The van der Waals surface area contributed by atoms with E-state index in [1.54, 1.807) is 42.7 Å². The van der Waals surface area contributed by atoms with Crippen molar-refractivity contribution in [3.8, 4) is 5.75 Å². The summed E-state index contributed by atoms with van der Waals surface area (Å²) in [6.45, 7) is 8.28. The maximum absolute atomic E-state index is 13.2. The molecule has 180 valence electrons. The van der Waals surface area contributed by atoms with Crippen molar-refractivity contribution in [2.75, 3.05) is 0 Å². The molecule has 0 aliphatic carbocycles. The molecule has 1 amide bonds. The highest BCUT2D eigenvalue weighted by Crippen LogP contribution is 2.40. The zero-order valence-electron chi connectivity index (χ0n) is 20.4. The number of hydrogen-bond acceptors (Lipinski definition) is 5. The topological polar surface area (TPSA) is 79.7 Å². The van der Waals surface area contributed by atoms with Gasteiger partial charge in [0.2, 0.25) is 0 Å². The Morgan fingerprint density at radius 2 is 1.69 bits per heavy atom. The van der Waals surface area contributed by atoms with Crippen LogP contribution < -0.4 is 4.74 Å². The fraction of sp³-hybridized carbons (Fsp3) is 0.276. The number of benzene rings is 2. The van der Waals surface area contributed by atoms with E-state index in [0.29, 0.717) is 17.2 Å². The van der Waals surface area contributed by atoms with Gasteiger partial charge in [0.15, 0.2) is 0 Å². The average Bonchev–Trinajstić information content (AvgIpc) is 3.09. The first-order chi connectivity index (χ1) is 16.8. The minimum absolute atomic E-state index is 0.0149. The van der Waals surface area contributed by atoms with Gasteiger partial charge in [-0.25, -0.2) is 0 Å². The summed E-state index contributed by atoms with van der Waals surface area (Å²) < 4.78 is 5.68. The third-order valence-electron chi connectivity index (χ3n) is 6.03. The predicted molar refractivity (Wildman–Crippen MR) is 135 cm³/mol. The maximum atomic E-state index is 13.2. The van der Waals surface area contributed by atoms with E-state index >= 15 is 0 Å². The molecule has 1 saturated heterocycles. The number of pyridine rings is 1. The lowest BCUT2D eigenvalue weighted by molar-refractivity contribution is -0.140. The zero-order chi connectivity index (χ0) is 25.1. The minimum Gasteiger partial charge on any atom is -0.507 e. The smallest absolute Gasteiger partial charge is 0.295 e. The van der Waals surface area contributed by atoms with Crippen LogP contribution >= 0.6 is 0 Å². The molecule has 1 fully saturated rings. The normalized spacial score (nSPS) is 17.4. The summed E-state index contributed by atoms with van der Waals surface area (Å²) in [5.74, 6) is -0.544. The van der Waals surface area contributed by atoms with Crippen LogP contribution in [0.2, 0.25) is 0 Å². The van der Waals surface area contributed by atoms with E-state index < -0.39 is 17.7 Å². The number of aromatic nitrogens is 1. The number of aliphatic hydroxyl groups excluding tert-OH is 1. The Labute approximate surface area is 205 Å². The molecule has 1 N–H and O–H groups in total. The Kier molecular flexibility index (Phi) is 7.01. The second-order valence-corrected chi connectivity index (χ2v) is 9.30. The number of nitrogens with zero attached hydrogens (tertiary/aromatic N) is 2. The predicted octanol–water partition coefficient (Wildman–Crippen LogP) is 5.61. The molecule has 0 radical (unpaired) electrons. The summed E-state index contributed by atoms with van der Waals surface area (Å²) in [6, 6.07) is 17.7. The van der Waals surface area contributed by atoms with E-state index in [9.17, 15) is 14.7 Å². The van der Waals surface area contributed by atoms with Crippen molar-refractivity contribution in [2.45, 2.75) is 52.3 Å². The highest BCUT2D eigenvalue weighted by atomic mass is 16.5. The number of carbonyl (C=O) groups excluding carboxylic acids is 2. The number of hydrogen-bond donors (Lipinski definition) is 1. The number of Topliss-reactive ketones (excluding diaryl/α,β-unsaturated/α-hetero) is 1. The van der Waals surface area contributed by atoms with Gasteiger partial charge in [-0.05, 0) is 66.8 Å². The number of rotatable bonds is 7. The Balaban J connectivity index is 1.80. The van der Waals surface area contributed by atoms with Crippen molar-refractivity contribution >= 4 is 17.4 Å². The third kappa shape index (κ3) is 5.11. The third-order valence-corrected chi connectivity index (χ3v) is 6.03. The largest absolute Gasteiger partial charge is 0.507 e. The van der Waals surface area contributed by atoms with Crippen LogP contribution in [-0.4, -0.2) is 32.8 Å². The van der Waals surface area contributed by atoms with Crippen molar-refractivity contribution < 1.29 is 19.4 Å². The average molecular weight is 471 g/mol. The van der Waals surface area contributed by atoms with Gasteiger partial charge in [-0.1, -0.05) is 44.2 Å². The molecule has 4 rings (SSSR count). The van der Waals surface area contributed by atoms with Gasteiger partial charge in [0.25, 0.3) is 11.7 Å². The van der Waals surface area contributed by atoms with Crippen LogP contribution in [0.4, 0.5) is 0 Å². The second-order valence-electron chi connectivity index (χ2n) is 9.30. The monoisotopic (exact) mass is 470 g/mol. The molecule has 35 heavy (non-hydrogen) atoms. The van der Waals surface area contributed by atoms with Gasteiger partial charge in [-0.3, -0.25) is 14.6 Å². The molecule has 6 heteroatoms.